The molecule has 8 heteroatoms. The highest BCUT2D eigenvalue weighted by Gasteiger charge is 2.49. The first-order valence-corrected chi connectivity index (χ1v) is 6.72. The summed E-state index contributed by atoms with van der Waals surface area (Å²) in [6.45, 7) is 4.98. The first-order chi connectivity index (χ1) is 9.83. The molecule has 0 radical (unpaired) electrons. The van der Waals surface area contributed by atoms with Gasteiger partial charge in [0.05, 0.1) is 18.2 Å². The van der Waals surface area contributed by atoms with Crippen molar-refractivity contribution in [3.8, 4) is 0 Å². The third-order valence-corrected chi connectivity index (χ3v) is 4.15. The number of aromatic nitrogens is 5. The van der Waals surface area contributed by atoms with E-state index in [1.165, 1.54) is 13.3 Å². The Bertz CT molecular complexity index is 701. The van der Waals surface area contributed by atoms with Crippen molar-refractivity contribution in [2.45, 2.75) is 32.5 Å². The quantitative estimate of drug-likeness (QED) is 0.822. The summed E-state index contributed by atoms with van der Waals surface area (Å²) in [5.41, 5.74) is 0.374. The van der Waals surface area contributed by atoms with Gasteiger partial charge in [-0.15, -0.1) is 0 Å². The number of nitrogens with zero attached hydrogens (tertiary/aromatic N) is 5. The van der Waals surface area contributed by atoms with E-state index in [2.05, 4.69) is 20.5 Å². The SMILES string of the molecule is CC(=O)[C@H]1[C@H](c2cnn(C)c2C)n2ncnc2N[C@]1(C)O. The van der Waals surface area contributed by atoms with E-state index in [4.69, 9.17) is 0 Å². The van der Waals surface area contributed by atoms with Gasteiger partial charge < -0.3 is 10.4 Å². The highest BCUT2D eigenvalue weighted by Crippen LogP contribution is 2.41. The summed E-state index contributed by atoms with van der Waals surface area (Å²) in [7, 11) is 1.84. The topological polar surface area (TPSA) is 97.9 Å². The molecule has 3 rings (SSSR count). The molecule has 0 spiro atoms. The van der Waals surface area contributed by atoms with Crippen LogP contribution in [0.5, 0.6) is 0 Å². The molecule has 1 aliphatic heterocycles. The Balaban J connectivity index is 2.23. The second kappa shape index (κ2) is 4.39. The number of rotatable bonds is 2. The number of hydrogen-bond acceptors (Lipinski definition) is 6. The maximum atomic E-state index is 12.2. The summed E-state index contributed by atoms with van der Waals surface area (Å²) >= 11 is 0. The van der Waals surface area contributed by atoms with Gasteiger partial charge in [-0.05, 0) is 20.8 Å². The minimum absolute atomic E-state index is 0.123. The lowest BCUT2D eigenvalue weighted by atomic mass is 9.81. The highest BCUT2D eigenvalue weighted by atomic mass is 16.3. The Labute approximate surface area is 121 Å². The Hall–Kier alpha value is -2.22. The first-order valence-electron chi connectivity index (χ1n) is 6.72. The molecular formula is C13H18N6O2. The van der Waals surface area contributed by atoms with Gasteiger partial charge in [0.1, 0.15) is 17.8 Å². The van der Waals surface area contributed by atoms with Crippen LogP contribution in [-0.4, -0.2) is 41.2 Å². The molecular weight excluding hydrogens is 272 g/mol. The van der Waals surface area contributed by atoms with Gasteiger partial charge in [-0.1, -0.05) is 0 Å². The lowest BCUT2D eigenvalue weighted by Gasteiger charge is -2.41. The lowest BCUT2D eigenvalue weighted by molar-refractivity contribution is -0.130. The summed E-state index contributed by atoms with van der Waals surface area (Å²) in [4.78, 5) is 16.3. The van der Waals surface area contributed by atoms with Crippen molar-refractivity contribution >= 4 is 11.7 Å². The minimum atomic E-state index is -1.40. The van der Waals surface area contributed by atoms with Gasteiger partial charge in [-0.3, -0.25) is 9.48 Å². The number of ketones is 1. The van der Waals surface area contributed by atoms with Crippen molar-refractivity contribution in [3.63, 3.8) is 0 Å². The van der Waals surface area contributed by atoms with Crippen LogP contribution in [0.1, 0.15) is 31.1 Å². The number of anilines is 1. The summed E-state index contributed by atoms with van der Waals surface area (Å²) in [6, 6.07) is -0.440. The number of Topliss-reactive ketones (excluding diaryl/α,β-unsaturated/α-hetero) is 1. The third-order valence-electron chi connectivity index (χ3n) is 4.15. The third kappa shape index (κ3) is 1.94. The highest BCUT2D eigenvalue weighted by molar-refractivity contribution is 5.81. The molecule has 112 valence electrons. The van der Waals surface area contributed by atoms with Crippen LogP contribution < -0.4 is 5.32 Å². The Kier molecular flexibility index (Phi) is 2.87. The maximum Gasteiger partial charge on any atom is 0.223 e. The minimum Gasteiger partial charge on any atom is -0.370 e. The molecule has 2 N–H and O–H groups in total. The summed E-state index contributed by atoms with van der Waals surface area (Å²) in [5.74, 6) is -0.373. The van der Waals surface area contributed by atoms with E-state index >= 15 is 0 Å². The molecule has 0 saturated heterocycles. The Morgan fingerprint density at radius 2 is 2.19 bits per heavy atom. The van der Waals surface area contributed by atoms with Gasteiger partial charge in [0.25, 0.3) is 0 Å². The Morgan fingerprint density at radius 3 is 2.76 bits per heavy atom. The van der Waals surface area contributed by atoms with Gasteiger partial charge in [-0.25, -0.2) is 4.68 Å². The number of aryl methyl sites for hydroxylation is 1. The standard InChI is InChI=1S/C13H18N6O2/c1-7-9(5-15-18(7)4)11-10(8(2)20)13(3,21)17-12-14-6-16-19(11)12/h5-6,10-11,21H,1-4H3,(H,14,16,17)/t10-,11-,13+/m0/s1. The molecule has 2 aromatic rings. The van der Waals surface area contributed by atoms with Crippen LogP contribution in [0.2, 0.25) is 0 Å². The first kappa shape index (κ1) is 13.7. The monoisotopic (exact) mass is 290 g/mol. The van der Waals surface area contributed by atoms with E-state index in [0.717, 1.165) is 11.3 Å². The van der Waals surface area contributed by atoms with E-state index in [-0.39, 0.29) is 5.78 Å². The number of carbonyl (C=O) groups excluding carboxylic acids is 1. The molecule has 8 nitrogen and oxygen atoms in total. The van der Waals surface area contributed by atoms with Crippen LogP contribution in [0, 0.1) is 12.8 Å². The van der Waals surface area contributed by atoms with Crippen LogP contribution in [-0.2, 0) is 11.8 Å². The van der Waals surface area contributed by atoms with Gasteiger partial charge >= 0.3 is 0 Å². The molecule has 21 heavy (non-hydrogen) atoms. The van der Waals surface area contributed by atoms with Crippen LogP contribution in [0.25, 0.3) is 0 Å². The molecule has 0 unspecified atom stereocenters. The van der Waals surface area contributed by atoms with Gasteiger partial charge in [-0.2, -0.15) is 15.2 Å². The predicted molar refractivity (Wildman–Crippen MR) is 74.5 cm³/mol. The van der Waals surface area contributed by atoms with Crippen molar-refractivity contribution < 1.29 is 9.90 Å². The fraction of sp³-hybridized carbons (Fsp3) is 0.538. The van der Waals surface area contributed by atoms with Gasteiger partial charge in [0.15, 0.2) is 0 Å². The van der Waals surface area contributed by atoms with Crippen molar-refractivity contribution in [1.82, 2.24) is 24.5 Å². The lowest BCUT2D eigenvalue weighted by Crippen LogP contribution is -2.54. The predicted octanol–water partition coefficient (Wildman–Crippen LogP) is 0.249. The summed E-state index contributed by atoms with van der Waals surface area (Å²) < 4.78 is 3.37. The smallest absolute Gasteiger partial charge is 0.223 e. The van der Waals surface area contributed by atoms with E-state index in [1.54, 1.807) is 22.5 Å². The zero-order chi connectivity index (χ0) is 15.4. The van der Waals surface area contributed by atoms with Crippen molar-refractivity contribution in [3.05, 3.63) is 23.8 Å². The molecule has 0 aromatic carbocycles. The molecule has 3 atom stereocenters. The molecule has 2 aromatic heterocycles. The van der Waals surface area contributed by atoms with Gasteiger partial charge in [0.2, 0.25) is 5.95 Å². The van der Waals surface area contributed by atoms with Crippen LogP contribution >= 0.6 is 0 Å². The zero-order valence-corrected chi connectivity index (χ0v) is 12.4. The average Bonchev–Trinajstić information content (AvgIpc) is 2.94. The molecule has 0 saturated carbocycles. The fourth-order valence-electron chi connectivity index (χ4n) is 3.03. The zero-order valence-electron chi connectivity index (χ0n) is 12.4. The van der Waals surface area contributed by atoms with E-state index in [0.29, 0.717) is 5.95 Å². The number of fused-ring (bicyclic) bond motifs is 1. The summed E-state index contributed by atoms with van der Waals surface area (Å²) in [5, 5.41) is 22.0. The molecule has 0 fully saturated rings. The second-order valence-corrected chi connectivity index (χ2v) is 5.64. The molecule has 0 amide bonds. The molecule has 0 bridgehead atoms. The fourth-order valence-corrected chi connectivity index (χ4v) is 3.03. The van der Waals surface area contributed by atoms with Crippen molar-refractivity contribution in [2.75, 3.05) is 5.32 Å². The van der Waals surface area contributed by atoms with Crippen LogP contribution in [0.3, 0.4) is 0 Å². The molecule has 1 aliphatic rings. The van der Waals surface area contributed by atoms with E-state index in [9.17, 15) is 9.90 Å². The maximum absolute atomic E-state index is 12.2. The molecule has 3 heterocycles. The second-order valence-electron chi connectivity index (χ2n) is 5.64. The van der Waals surface area contributed by atoms with Crippen molar-refractivity contribution in [1.29, 1.82) is 0 Å². The van der Waals surface area contributed by atoms with Crippen molar-refractivity contribution in [2.24, 2.45) is 13.0 Å². The van der Waals surface area contributed by atoms with Crippen LogP contribution in [0.15, 0.2) is 12.5 Å². The number of aliphatic hydroxyl groups is 1. The van der Waals surface area contributed by atoms with Gasteiger partial charge in [0, 0.05) is 18.3 Å². The number of nitrogens with one attached hydrogen (secondary N) is 1. The number of carbonyl (C=O) groups is 1. The Morgan fingerprint density at radius 1 is 1.48 bits per heavy atom. The number of hydrogen-bond donors (Lipinski definition) is 2. The largest absolute Gasteiger partial charge is 0.370 e. The van der Waals surface area contributed by atoms with Crippen LogP contribution in [0.4, 0.5) is 5.95 Å². The van der Waals surface area contributed by atoms with E-state index < -0.39 is 17.7 Å². The summed E-state index contributed by atoms with van der Waals surface area (Å²) in [6.07, 6.45) is 3.11. The van der Waals surface area contributed by atoms with E-state index in [1.807, 2.05) is 14.0 Å². The molecule has 0 aliphatic carbocycles. The normalized spacial score (nSPS) is 28.0. The average molecular weight is 290 g/mol.